The predicted molar refractivity (Wildman–Crippen MR) is 89.3 cm³/mol. The second-order valence-electron chi connectivity index (χ2n) is 4.58. The zero-order valence-electron chi connectivity index (χ0n) is 11.8. The number of anilines is 1. The van der Waals surface area contributed by atoms with E-state index in [0.29, 0.717) is 22.0 Å². The average Bonchev–Trinajstić information content (AvgIpc) is 2.49. The van der Waals surface area contributed by atoms with Crippen molar-refractivity contribution in [2.75, 3.05) is 11.1 Å². The van der Waals surface area contributed by atoms with E-state index in [1.54, 1.807) is 18.2 Å². The number of nitro benzene ring substituents is 1. The number of benzene rings is 2. The Morgan fingerprint density at radius 2 is 2.09 bits per heavy atom. The maximum absolute atomic E-state index is 13.6. The monoisotopic (exact) mass is 354 g/mol. The Labute approximate surface area is 141 Å². The van der Waals surface area contributed by atoms with Crippen LogP contribution in [0.4, 0.5) is 15.8 Å². The van der Waals surface area contributed by atoms with Crippen molar-refractivity contribution in [1.29, 1.82) is 0 Å². The number of nitrogens with zero attached hydrogens (tertiary/aromatic N) is 1. The van der Waals surface area contributed by atoms with Crippen LogP contribution in [0.3, 0.4) is 0 Å². The first-order valence-corrected chi connectivity index (χ1v) is 8.05. The smallest absolute Gasteiger partial charge is 0.271 e. The number of non-ortho nitro benzene ring substituents is 1. The molecule has 2 rings (SSSR count). The molecule has 8 heteroatoms. The normalized spacial score (nSPS) is 10.3. The maximum atomic E-state index is 13.6. The molecule has 2 aromatic carbocycles. The first-order valence-electron chi connectivity index (χ1n) is 6.51. The Hall–Kier alpha value is -2.12. The molecule has 5 nitrogen and oxygen atoms in total. The highest BCUT2D eigenvalue weighted by Gasteiger charge is 2.09. The van der Waals surface area contributed by atoms with E-state index in [9.17, 15) is 19.3 Å². The van der Waals surface area contributed by atoms with Crippen molar-refractivity contribution in [3.63, 3.8) is 0 Å². The summed E-state index contributed by atoms with van der Waals surface area (Å²) in [7, 11) is 0. The third kappa shape index (κ3) is 5.22. The van der Waals surface area contributed by atoms with Crippen molar-refractivity contribution < 1.29 is 14.1 Å². The number of nitrogens with one attached hydrogen (secondary N) is 1. The van der Waals surface area contributed by atoms with Gasteiger partial charge in [0.15, 0.2) is 0 Å². The lowest BCUT2D eigenvalue weighted by atomic mass is 10.2. The molecule has 0 saturated heterocycles. The summed E-state index contributed by atoms with van der Waals surface area (Å²) in [5, 5.41) is 13.6. The molecule has 0 spiro atoms. The van der Waals surface area contributed by atoms with Gasteiger partial charge in [0.1, 0.15) is 5.82 Å². The largest absolute Gasteiger partial charge is 0.325 e. The summed E-state index contributed by atoms with van der Waals surface area (Å²) < 4.78 is 13.6. The summed E-state index contributed by atoms with van der Waals surface area (Å²) in [5.74, 6) is -0.301. The van der Waals surface area contributed by atoms with Crippen LogP contribution in [0, 0.1) is 15.9 Å². The van der Waals surface area contributed by atoms with Gasteiger partial charge in [0, 0.05) is 28.6 Å². The first-order chi connectivity index (χ1) is 11.0. The predicted octanol–water partition coefficient (Wildman–Crippen LogP) is 4.26. The minimum absolute atomic E-state index is 0.0984. The van der Waals surface area contributed by atoms with Gasteiger partial charge in [-0.1, -0.05) is 23.7 Å². The van der Waals surface area contributed by atoms with Gasteiger partial charge in [-0.15, -0.1) is 11.8 Å². The van der Waals surface area contributed by atoms with E-state index in [4.69, 9.17) is 11.6 Å². The molecule has 0 fully saturated rings. The van der Waals surface area contributed by atoms with E-state index < -0.39 is 10.7 Å². The van der Waals surface area contributed by atoms with E-state index in [1.807, 2.05) is 0 Å². The van der Waals surface area contributed by atoms with Crippen LogP contribution in [0.1, 0.15) is 5.56 Å². The lowest BCUT2D eigenvalue weighted by Crippen LogP contribution is -2.14. The van der Waals surface area contributed by atoms with Gasteiger partial charge < -0.3 is 5.32 Å². The van der Waals surface area contributed by atoms with Crippen molar-refractivity contribution in [1.82, 2.24) is 0 Å². The zero-order chi connectivity index (χ0) is 16.8. The molecule has 0 unspecified atom stereocenters. The molecule has 0 bridgehead atoms. The quantitative estimate of drug-likeness (QED) is 0.621. The number of rotatable bonds is 6. The fourth-order valence-corrected chi connectivity index (χ4v) is 2.76. The van der Waals surface area contributed by atoms with Crippen LogP contribution >= 0.6 is 23.4 Å². The zero-order valence-corrected chi connectivity index (χ0v) is 13.4. The van der Waals surface area contributed by atoms with Gasteiger partial charge in [-0.05, 0) is 23.8 Å². The van der Waals surface area contributed by atoms with Crippen molar-refractivity contribution >= 4 is 40.6 Å². The summed E-state index contributed by atoms with van der Waals surface area (Å²) >= 11 is 6.90. The highest BCUT2D eigenvalue weighted by atomic mass is 35.5. The van der Waals surface area contributed by atoms with E-state index in [-0.39, 0.29) is 17.3 Å². The second-order valence-corrected chi connectivity index (χ2v) is 6.01. The van der Waals surface area contributed by atoms with E-state index in [2.05, 4.69) is 5.32 Å². The number of carbonyl (C=O) groups is 1. The maximum Gasteiger partial charge on any atom is 0.271 e. The molecule has 1 N–H and O–H groups in total. The summed E-state index contributed by atoms with van der Waals surface area (Å²) in [6.07, 6.45) is 0. The fraction of sp³-hybridized carbons (Fsp3) is 0.133. The Morgan fingerprint density at radius 3 is 2.78 bits per heavy atom. The number of thioether (sulfide) groups is 1. The Kier molecular flexibility index (Phi) is 5.95. The topological polar surface area (TPSA) is 72.2 Å². The van der Waals surface area contributed by atoms with Gasteiger partial charge in [0.25, 0.3) is 5.69 Å². The SMILES string of the molecule is O=C(CSCc1ccc(Cl)cc1F)Nc1cccc([N+](=O)[O-])c1. The average molecular weight is 355 g/mol. The molecule has 0 radical (unpaired) electrons. The van der Waals surface area contributed by atoms with Gasteiger partial charge in [-0.25, -0.2) is 4.39 Å². The lowest BCUT2D eigenvalue weighted by molar-refractivity contribution is -0.384. The number of carbonyl (C=O) groups excluding carboxylic acids is 1. The van der Waals surface area contributed by atoms with Crippen LogP contribution < -0.4 is 5.32 Å². The van der Waals surface area contributed by atoms with E-state index in [0.717, 1.165) is 0 Å². The molecule has 0 saturated carbocycles. The molecule has 0 heterocycles. The third-order valence-corrected chi connectivity index (χ3v) is 4.06. The lowest BCUT2D eigenvalue weighted by Gasteiger charge is -2.06. The second kappa shape index (κ2) is 7.94. The van der Waals surface area contributed by atoms with Crippen LogP contribution in [0.15, 0.2) is 42.5 Å². The molecular weight excluding hydrogens is 343 g/mol. The highest BCUT2D eigenvalue weighted by Crippen LogP contribution is 2.20. The minimum Gasteiger partial charge on any atom is -0.325 e. The molecule has 120 valence electrons. The number of hydrogen-bond donors (Lipinski definition) is 1. The van der Waals surface area contributed by atoms with Crippen LogP contribution in [0.2, 0.25) is 5.02 Å². The van der Waals surface area contributed by atoms with Crippen LogP contribution in [0.25, 0.3) is 0 Å². The number of nitro groups is 1. The highest BCUT2D eigenvalue weighted by molar-refractivity contribution is 7.99. The minimum atomic E-state index is -0.534. The molecule has 2 aromatic rings. The Bertz CT molecular complexity index is 742. The molecule has 23 heavy (non-hydrogen) atoms. The number of amides is 1. The Morgan fingerprint density at radius 1 is 1.30 bits per heavy atom. The molecule has 0 aliphatic heterocycles. The van der Waals surface area contributed by atoms with Gasteiger partial charge in [0.2, 0.25) is 5.91 Å². The van der Waals surface area contributed by atoms with Crippen molar-refractivity contribution in [3.8, 4) is 0 Å². The molecular formula is C15H12ClFN2O3S. The van der Waals surface area contributed by atoms with E-state index >= 15 is 0 Å². The van der Waals surface area contributed by atoms with Gasteiger partial charge in [-0.3, -0.25) is 14.9 Å². The van der Waals surface area contributed by atoms with Gasteiger partial charge in [0.05, 0.1) is 10.7 Å². The summed E-state index contributed by atoms with van der Waals surface area (Å²) in [4.78, 5) is 21.9. The Balaban J connectivity index is 1.85. The van der Waals surface area contributed by atoms with Crippen LogP contribution in [-0.4, -0.2) is 16.6 Å². The standard InChI is InChI=1S/C15H12ClFN2O3S/c16-11-5-4-10(14(17)6-11)8-23-9-15(20)18-12-2-1-3-13(7-12)19(21)22/h1-7H,8-9H2,(H,18,20). The first kappa shape index (κ1) is 17.2. The fourth-order valence-electron chi connectivity index (χ4n) is 1.79. The van der Waals surface area contributed by atoms with Gasteiger partial charge in [-0.2, -0.15) is 0 Å². The number of hydrogen-bond acceptors (Lipinski definition) is 4. The molecule has 0 aromatic heterocycles. The van der Waals surface area contributed by atoms with Crippen molar-refractivity contribution in [2.24, 2.45) is 0 Å². The van der Waals surface area contributed by atoms with Crippen LogP contribution in [0.5, 0.6) is 0 Å². The van der Waals surface area contributed by atoms with Crippen molar-refractivity contribution in [3.05, 3.63) is 69.0 Å². The van der Waals surface area contributed by atoms with Crippen LogP contribution in [-0.2, 0) is 10.5 Å². The molecule has 0 aliphatic rings. The molecule has 1 amide bonds. The summed E-state index contributed by atoms with van der Waals surface area (Å²) in [6.45, 7) is 0. The third-order valence-electron chi connectivity index (χ3n) is 2.85. The molecule has 0 aliphatic carbocycles. The van der Waals surface area contributed by atoms with Crippen molar-refractivity contribution in [2.45, 2.75) is 5.75 Å². The molecule has 0 atom stereocenters. The number of halogens is 2. The van der Waals surface area contributed by atoms with Gasteiger partial charge >= 0.3 is 0 Å². The summed E-state index contributed by atoms with van der Waals surface area (Å²) in [5.41, 5.74) is 0.712. The summed E-state index contributed by atoms with van der Waals surface area (Å²) in [6, 6.07) is 10.1. The van der Waals surface area contributed by atoms with E-state index in [1.165, 1.54) is 36.0 Å².